The van der Waals surface area contributed by atoms with Crippen molar-refractivity contribution in [3.63, 3.8) is 0 Å². The zero-order chi connectivity index (χ0) is 26.0. The SMILES string of the molecule is N#Cc1cc(Cl)cc(OC2=C(C(F)(F)F)NCN(Cc3cc(-c4ccc(Cl)nc4)c(=O)[nH]n3)C2=O)c1. The minimum absolute atomic E-state index is 0.0291. The molecule has 4 rings (SSSR count). The van der Waals surface area contributed by atoms with Crippen LogP contribution in [0.5, 0.6) is 5.75 Å². The number of halogens is 5. The molecule has 3 heterocycles. The van der Waals surface area contributed by atoms with E-state index in [1.54, 1.807) is 12.1 Å². The number of aromatic nitrogens is 3. The molecule has 0 fully saturated rings. The Morgan fingerprint density at radius 1 is 1.17 bits per heavy atom. The number of carbonyl (C=O) groups is 1. The van der Waals surface area contributed by atoms with Crippen LogP contribution in [0.3, 0.4) is 0 Å². The van der Waals surface area contributed by atoms with E-state index >= 15 is 0 Å². The van der Waals surface area contributed by atoms with Gasteiger partial charge in [0.2, 0.25) is 5.76 Å². The Morgan fingerprint density at radius 2 is 1.94 bits per heavy atom. The van der Waals surface area contributed by atoms with Gasteiger partial charge in [-0.25, -0.2) is 10.1 Å². The lowest BCUT2D eigenvalue weighted by Gasteiger charge is -2.31. The molecular formula is C22H13Cl2F3N6O3. The molecule has 0 radical (unpaired) electrons. The number of benzene rings is 1. The van der Waals surface area contributed by atoms with Crippen LogP contribution in [0.1, 0.15) is 11.3 Å². The maximum absolute atomic E-state index is 13.6. The number of ether oxygens (including phenoxy) is 1. The molecule has 0 saturated heterocycles. The highest BCUT2D eigenvalue weighted by Gasteiger charge is 2.44. The summed E-state index contributed by atoms with van der Waals surface area (Å²) in [4.78, 5) is 30.2. The minimum Gasteiger partial charge on any atom is -0.449 e. The lowest BCUT2D eigenvalue weighted by atomic mass is 10.1. The van der Waals surface area contributed by atoms with Crippen molar-refractivity contribution in [2.24, 2.45) is 0 Å². The highest BCUT2D eigenvalue weighted by molar-refractivity contribution is 6.30. The molecule has 3 aromatic rings. The van der Waals surface area contributed by atoms with Crippen molar-refractivity contribution in [1.29, 1.82) is 5.26 Å². The van der Waals surface area contributed by atoms with Crippen molar-refractivity contribution in [1.82, 2.24) is 25.4 Å². The number of nitriles is 1. The topological polar surface area (TPSA) is 124 Å². The van der Waals surface area contributed by atoms with Gasteiger partial charge in [0.1, 0.15) is 10.9 Å². The van der Waals surface area contributed by atoms with Crippen molar-refractivity contribution >= 4 is 29.1 Å². The molecule has 1 aromatic carbocycles. The summed E-state index contributed by atoms with van der Waals surface area (Å²) in [6.07, 6.45) is -3.56. The summed E-state index contributed by atoms with van der Waals surface area (Å²) in [6, 6.07) is 9.84. The number of rotatable bonds is 5. The molecule has 2 N–H and O–H groups in total. The van der Waals surface area contributed by atoms with E-state index in [1.165, 1.54) is 30.5 Å². The van der Waals surface area contributed by atoms with Crippen LogP contribution < -0.4 is 15.6 Å². The van der Waals surface area contributed by atoms with Gasteiger partial charge in [0.25, 0.3) is 11.5 Å². The number of pyridine rings is 1. The highest BCUT2D eigenvalue weighted by Crippen LogP contribution is 2.32. The zero-order valence-corrected chi connectivity index (χ0v) is 19.4. The molecule has 0 unspecified atom stereocenters. The lowest BCUT2D eigenvalue weighted by Crippen LogP contribution is -2.49. The number of allylic oxidation sites excluding steroid dienone is 1. The molecule has 0 aliphatic carbocycles. The van der Waals surface area contributed by atoms with Crippen LogP contribution in [0.2, 0.25) is 10.2 Å². The molecule has 14 heteroatoms. The van der Waals surface area contributed by atoms with Gasteiger partial charge in [-0.15, -0.1) is 0 Å². The minimum atomic E-state index is -4.93. The molecule has 9 nitrogen and oxygen atoms in total. The Hall–Kier alpha value is -4.08. The van der Waals surface area contributed by atoms with E-state index in [-0.39, 0.29) is 39.3 Å². The third kappa shape index (κ3) is 5.42. The van der Waals surface area contributed by atoms with E-state index in [0.717, 1.165) is 11.0 Å². The monoisotopic (exact) mass is 536 g/mol. The number of amides is 1. The third-order valence-electron chi connectivity index (χ3n) is 4.91. The smallest absolute Gasteiger partial charge is 0.434 e. The summed E-state index contributed by atoms with van der Waals surface area (Å²) in [6.45, 7) is -0.786. The first-order valence-corrected chi connectivity index (χ1v) is 10.7. The zero-order valence-electron chi connectivity index (χ0n) is 17.9. The average Bonchev–Trinajstić information content (AvgIpc) is 2.82. The highest BCUT2D eigenvalue weighted by atomic mass is 35.5. The maximum atomic E-state index is 13.6. The largest absolute Gasteiger partial charge is 0.449 e. The van der Waals surface area contributed by atoms with Gasteiger partial charge in [-0.1, -0.05) is 23.2 Å². The first kappa shape index (κ1) is 25.0. The Kier molecular flexibility index (Phi) is 6.87. The van der Waals surface area contributed by atoms with Gasteiger partial charge < -0.3 is 15.0 Å². The van der Waals surface area contributed by atoms with E-state index < -0.39 is 35.8 Å². The summed E-state index contributed by atoms with van der Waals surface area (Å²) in [5.74, 6) is -2.36. The molecule has 36 heavy (non-hydrogen) atoms. The van der Waals surface area contributed by atoms with Gasteiger partial charge in [0, 0.05) is 16.8 Å². The van der Waals surface area contributed by atoms with Crippen molar-refractivity contribution in [3.8, 4) is 22.9 Å². The molecule has 1 amide bonds. The second kappa shape index (κ2) is 9.88. The summed E-state index contributed by atoms with van der Waals surface area (Å²) >= 11 is 11.7. The number of hydrogen-bond acceptors (Lipinski definition) is 7. The number of carbonyl (C=O) groups excluding carboxylic acids is 1. The fourth-order valence-electron chi connectivity index (χ4n) is 3.31. The molecule has 0 saturated carbocycles. The molecule has 0 atom stereocenters. The van der Waals surface area contributed by atoms with E-state index in [1.807, 2.05) is 0 Å². The molecule has 1 aliphatic heterocycles. The number of hydrogen-bond donors (Lipinski definition) is 2. The maximum Gasteiger partial charge on any atom is 0.434 e. The predicted molar refractivity (Wildman–Crippen MR) is 122 cm³/mol. The molecule has 0 spiro atoms. The summed E-state index contributed by atoms with van der Waals surface area (Å²) < 4.78 is 46.2. The second-order valence-electron chi connectivity index (χ2n) is 7.40. The van der Waals surface area contributed by atoms with Crippen LogP contribution in [0.25, 0.3) is 11.1 Å². The van der Waals surface area contributed by atoms with Crippen LogP contribution in [0.15, 0.2) is 58.8 Å². The van der Waals surface area contributed by atoms with E-state index in [4.69, 9.17) is 33.2 Å². The summed E-state index contributed by atoms with van der Waals surface area (Å²) in [5.41, 5.74) is -1.12. The average molecular weight is 537 g/mol. The van der Waals surface area contributed by atoms with Crippen LogP contribution in [0, 0.1) is 11.3 Å². The van der Waals surface area contributed by atoms with Gasteiger partial charge >= 0.3 is 6.18 Å². The fraction of sp³-hybridized carbons (Fsp3) is 0.136. The van der Waals surface area contributed by atoms with Crippen molar-refractivity contribution in [3.05, 3.63) is 85.8 Å². The molecular weight excluding hydrogens is 524 g/mol. The Balaban J connectivity index is 1.65. The molecule has 184 valence electrons. The van der Waals surface area contributed by atoms with Crippen molar-refractivity contribution in [2.45, 2.75) is 12.7 Å². The Labute approximate surface area is 210 Å². The lowest BCUT2D eigenvalue weighted by molar-refractivity contribution is -0.137. The quantitative estimate of drug-likeness (QED) is 0.475. The molecule has 0 bridgehead atoms. The number of H-pyrrole nitrogens is 1. The van der Waals surface area contributed by atoms with E-state index in [0.29, 0.717) is 5.56 Å². The first-order chi connectivity index (χ1) is 17.0. The fourth-order valence-corrected chi connectivity index (χ4v) is 3.64. The van der Waals surface area contributed by atoms with E-state index in [2.05, 4.69) is 20.5 Å². The van der Waals surface area contributed by atoms with Crippen LogP contribution in [-0.2, 0) is 11.3 Å². The second-order valence-corrected chi connectivity index (χ2v) is 8.22. The van der Waals surface area contributed by atoms with Crippen LogP contribution in [0.4, 0.5) is 13.2 Å². The number of aromatic amines is 1. The Bertz CT molecular complexity index is 1470. The third-order valence-corrected chi connectivity index (χ3v) is 5.35. The van der Waals surface area contributed by atoms with Crippen molar-refractivity contribution < 1.29 is 22.7 Å². The van der Waals surface area contributed by atoms with Crippen LogP contribution >= 0.6 is 23.2 Å². The summed E-state index contributed by atoms with van der Waals surface area (Å²) in [5, 5.41) is 17.7. The molecule has 1 aliphatic rings. The normalized spacial score (nSPS) is 13.9. The number of nitrogens with zero attached hydrogens (tertiary/aromatic N) is 4. The predicted octanol–water partition coefficient (Wildman–Crippen LogP) is 3.75. The first-order valence-electron chi connectivity index (χ1n) is 9.99. The van der Waals surface area contributed by atoms with E-state index in [9.17, 15) is 22.8 Å². The Morgan fingerprint density at radius 3 is 2.61 bits per heavy atom. The summed E-state index contributed by atoms with van der Waals surface area (Å²) in [7, 11) is 0. The van der Waals surface area contributed by atoms with Gasteiger partial charge in [0.15, 0.2) is 5.70 Å². The standard InChI is InChI=1S/C22H13Cl2F3N6O3/c23-13-3-11(7-28)4-15(5-13)36-18-19(22(25,26)27)30-10-33(21(18)35)9-14-6-16(20(34)32-31-14)12-1-2-17(24)29-8-12/h1-6,8,30H,9-10H2,(H,32,34). The van der Waals surface area contributed by atoms with Crippen molar-refractivity contribution in [2.75, 3.05) is 6.67 Å². The van der Waals surface area contributed by atoms with Gasteiger partial charge in [-0.2, -0.15) is 23.5 Å². The van der Waals surface area contributed by atoms with Gasteiger partial charge in [0.05, 0.1) is 36.1 Å². The number of alkyl halides is 3. The van der Waals surface area contributed by atoms with Gasteiger partial charge in [-0.3, -0.25) is 9.59 Å². The molecule has 2 aromatic heterocycles. The van der Waals surface area contributed by atoms with Crippen LogP contribution in [-0.4, -0.2) is 38.8 Å². The number of nitrogens with one attached hydrogen (secondary N) is 2. The van der Waals surface area contributed by atoms with Gasteiger partial charge in [-0.05, 0) is 36.4 Å².